The van der Waals surface area contributed by atoms with E-state index in [4.69, 9.17) is 0 Å². The Labute approximate surface area is 156 Å². The predicted molar refractivity (Wildman–Crippen MR) is 106 cm³/mol. The Bertz CT molecular complexity index is 678. The van der Waals surface area contributed by atoms with Crippen molar-refractivity contribution in [2.45, 2.75) is 57.8 Å². The molecule has 140 valence electrons. The van der Waals surface area contributed by atoms with Gasteiger partial charge in [-0.25, -0.2) is 8.78 Å². The zero-order valence-corrected chi connectivity index (χ0v) is 15.7. The van der Waals surface area contributed by atoms with Gasteiger partial charge in [-0.05, 0) is 86.7 Å². The first-order valence-electron chi connectivity index (χ1n) is 10.0. The molecule has 1 saturated carbocycles. The number of benzene rings is 1. The van der Waals surface area contributed by atoms with Crippen molar-refractivity contribution < 1.29 is 8.78 Å². The van der Waals surface area contributed by atoms with Crippen LogP contribution in [0.1, 0.15) is 62.5 Å². The lowest BCUT2D eigenvalue weighted by Crippen LogP contribution is -2.22. The van der Waals surface area contributed by atoms with E-state index in [9.17, 15) is 8.78 Å². The lowest BCUT2D eigenvalue weighted by Gasteiger charge is -2.34. The molecule has 3 rings (SSSR count). The van der Waals surface area contributed by atoms with Crippen LogP contribution in [0.4, 0.5) is 8.78 Å². The highest BCUT2D eigenvalue weighted by Crippen LogP contribution is 2.41. The number of rotatable bonds is 6. The van der Waals surface area contributed by atoms with Gasteiger partial charge >= 0.3 is 0 Å². The van der Waals surface area contributed by atoms with Gasteiger partial charge in [-0.15, -0.1) is 13.2 Å². The van der Waals surface area contributed by atoms with E-state index in [2.05, 4.69) is 25.3 Å². The first-order chi connectivity index (χ1) is 12.6. The molecule has 0 nitrogen and oxygen atoms in total. The smallest absolute Gasteiger partial charge is 0.166 e. The van der Waals surface area contributed by atoms with Gasteiger partial charge in [0, 0.05) is 5.56 Å². The fraction of sp³-hybridized carbons (Fsp3) is 0.500. The molecule has 0 aromatic heterocycles. The molecule has 0 bridgehead atoms. The normalized spacial score (nSPS) is 26.2. The van der Waals surface area contributed by atoms with Gasteiger partial charge in [-0.3, -0.25) is 0 Å². The van der Waals surface area contributed by atoms with Crippen LogP contribution >= 0.6 is 0 Å². The summed E-state index contributed by atoms with van der Waals surface area (Å²) in [5, 5.41) is 0. The number of hydrogen-bond donors (Lipinski definition) is 0. The Morgan fingerprint density at radius 2 is 1.73 bits per heavy atom. The van der Waals surface area contributed by atoms with E-state index in [0.29, 0.717) is 35.8 Å². The van der Waals surface area contributed by atoms with Gasteiger partial charge in [-0.2, -0.15) is 0 Å². The minimum atomic E-state index is -0.685. The molecule has 2 aliphatic rings. The zero-order valence-electron chi connectivity index (χ0n) is 15.7. The second-order valence-corrected chi connectivity index (χ2v) is 7.90. The molecule has 2 heteroatoms. The van der Waals surface area contributed by atoms with E-state index in [1.807, 2.05) is 0 Å². The van der Waals surface area contributed by atoms with Crippen molar-refractivity contribution in [1.29, 1.82) is 0 Å². The molecule has 0 radical (unpaired) electrons. The van der Waals surface area contributed by atoms with Crippen LogP contribution in [0, 0.1) is 29.4 Å². The maximum Gasteiger partial charge on any atom is 0.166 e. The summed E-state index contributed by atoms with van der Waals surface area (Å²) < 4.78 is 28.9. The van der Waals surface area contributed by atoms with E-state index in [1.54, 1.807) is 18.2 Å². The van der Waals surface area contributed by atoms with Gasteiger partial charge in [0.2, 0.25) is 0 Å². The molecule has 26 heavy (non-hydrogen) atoms. The van der Waals surface area contributed by atoms with Crippen molar-refractivity contribution in [3.63, 3.8) is 0 Å². The molecule has 0 aliphatic heterocycles. The number of aryl methyl sites for hydroxylation is 1. The van der Waals surface area contributed by atoms with Crippen LogP contribution in [0.2, 0.25) is 0 Å². The van der Waals surface area contributed by atoms with Crippen LogP contribution in [-0.4, -0.2) is 0 Å². The molecule has 2 aliphatic carbocycles. The molecular formula is C24H30F2. The van der Waals surface area contributed by atoms with Crippen molar-refractivity contribution in [3.8, 4) is 0 Å². The quantitative estimate of drug-likeness (QED) is 0.471. The molecular weight excluding hydrogens is 326 g/mol. The van der Waals surface area contributed by atoms with Gasteiger partial charge in [0.1, 0.15) is 0 Å². The number of halogens is 2. The third-order valence-corrected chi connectivity index (χ3v) is 6.39. The monoisotopic (exact) mass is 356 g/mol. The summed E-state index contributed by atoms with van der Waals surface area (Å²) in [6, 6.07) is 3.50. The van der Waals surface area contributed by atoms with Crippen molar-refractivity contribution in [2.24, 2.45) is 17.8 Å². The summed E-state index contributed by atoms with van der Waals surface area (Å²) >= 11 is 0. The van der Waals surface area contributed by atoms with E-state index in [1.165, 1.54) is 25.7 Å². The maximum atomic E-state index is 14.6. The van der Waals surface area contributed by atoms with Crippen LogP contribution < -0.4 is 0 Å². The average molecular weight is 357 g/mol. The fourth-order valence-electron chi connectivity index (χ4n) is 4.67. The molecule has 1 fully saturated rings. The van der Waals surface area contributed by atoms with Crippen LogP contribution in [-0.2, 0) is 6.42 Å². The third kappa shape index (κ3) is 4.16. The SMILES string of the molecule is C=CCCc1ccc(C2=CCC(C3CCC(C=C)CC3)CC2)c(F)c1F. The van der Waals surface area contributed by atoms with E-state index in [-0.39, 0.29) is 0 Å². The topological polar surface area (TPSA) is 0 Å². The lowest BCUT2D eigenvalue weighted by atomic mass is 9.71. The van der Waals surface area contributed by atoms with Gasteiger partial charge in [0.15, 0.2) is 11.6 Å². The predicted octanol–water partition coefficient (Wildman–Crippen LogP) is 7.26. The number of hydrogen-bond acceptors (Lipinski definition) is 0. The van der Waals surface area contributed by atoms with Gasteiger partial charge < -0.3 is 0 Å². The Morgan fingerprint density at radius 3 is 2.35 bits per heavy atom. The van der Waals surface area contributed by atoms with E-state index in [0.717, 1.165) is 30.8 Å². The van der Waals surface area contributed by atoms with Gasteiger partial charge in [0.25, 0.3) is 0 Å². The highest BCUT2D eigenvalue weighted by atomic mass is 19.2. The zero-order chi connectivity index (χ0) is 18.5. The minimum Gasteiger partial charge on any atom is -0.203 e. The first kappa shape index (κ1) is 19.1. The fourth-order valence-corrected chi connectivity index (χ4v) is 4.67. The summed E-state index contributed by atoms with van der Waals surface area (Å²) in [5.74, 6) is 0.812. The van der Waals surface area contributed by atoms with E-state index < -0.39 is 11.6 Å². The molecule has 1 aromatic carbocycles. The molecule has 0 amide bonds. The van der Waals surface area contributed by atoms with Crippen LogP contribution in [0.15, 0.2) is 43.5 Å². The van der Waals surface area contributed by atoms with Crippen LogP contribution in [0.25, 0.3) is 5.57 Å². The molecule has 0 spiro atoms. The minimum absolute atomic E-state index is 0.444. The third-order valence-electron chi connectivity index (χ3n) is 6.39. The van der Waals surface area contributed by atoms with E-state index >= 15 is 0 Å². The summed E-state index contributed by atoms with van der Waals surface area (Å²) in [5.41, 5.74) is 1.88. The second kappa shape index (κ2) is 8.79. The van der Waals surface area contributed by atoms with Crippen molar-refractivity contribution in [2.75, 3.05) is 0 Å². The summed E-state index contributed by atoms with van der Waals surface area (Å²) in [6.07, 6.45) is 15.2. The maximum absolute atomic E-state index is 14.6. The van der Waals surface area contributed by atoms with Gasteiger partial charge in [0.05, 0.1) is 0 Å². The highest BCUT2D eigenvalue weighted by Gasteiger charge is 2.28. The van der Waals surface area contributed by atoms with Crippen molar-refractivity contribution in [1.82, 2.24) is 0 Å². The van der Waals surface area contributed by atoms with Crippen molar-refractivity contribution >= 4 is 5.57 Å². The Balaban J connectivity index is 1.66. The second-order valence-electron chi connectivity index (χ2n) is 7.90. The standard InChI is InChI=1S/C24H30F2/c1-3-5-6-21-15-16-22(24(26)23(21)25)20-13-11-19(12-14-20)18-9-7-17(4-2)8-10-18/h3-4,13,15-19H,1-2,5-12,14H2. The molecule has 0 saturated heterocycles. The van der Waals surface area contributed by atoms with Crippen LogP contribution in [0.5, 0.6) is 0 Å². The molecule has 1 aromatic rings. The van der Waals surface area contributed by atoms with Crippen molar-refractivity contribution in [3.05, 3.63) is 66.3 Å². The highest BCUT2D eigenvalue weighted by molar-refractivity contribution is 5.67. The summed E-state index contributed by atoms with van der Waals surface area (Å²) in [6.45, 7) is 7.57. The number of allylic oxidation sites excluding steroid dienone is 4. The Hall–Kier alpha value is -1.70. The largest absolute Gasteiger partial charge is 0.203 e. The Morgan fingerprint density at radius 1 is 0.962 bits per heavy atom. The van der Waals surface area contributed by atoms with Crippen LogP contribution in [0.3, 0.4) is 0 Å². The molecule has 1 atom stereocenters. The summed E-state index contributed by atoms with van der Waals surface area (Å²) in [4.78, 5) is 0. The molecule has 1 unspecified atom stereocenters. The van der Waals surface area contributed by atoms with Gasteiger partial charge in [-0.1, -0.05) is 30.4 Å². The first-order valence-corrected chi connectivity index (χ1v) is 10.0. The summed E-state index contributed by atoms with van der Waals surface area (Å²) in [7, 11) is 0. The Kier molecular flexibility index (Phi) is 6.45. The average Bonchev–Trinajstić information content (AvgIpc) is 2.69. The molecule has 0 heterocycles. The molecule has 0 N–H and O–H groups in total. The lowest BCUT2D eigenvalue weighted by molar-refractivity contribution is 0.212.